The first-order valence-corrected chi connectivity index (χ1v) is 8.04. The summed E-state index contributed by atoms with van der Waals surface area (Å²) in [7, 11) is 0. The van der Waals surface area contributed by atoms with Gasteiger partial charge in [0.05, 0.1) is 13.2 Å². The summed E-state index contributed by atoms with van der Waals surface area (Å²) in [5.41, 5.74) is -0.109. The summed E-state index contributed by atoms with van der Waals surface area (Å²) in [6, 6.07) is 8.34. The summed E-state index contributed by atoms with van der Waals surface area (Å²) in [5.74, 6) is 0.737. The van der Waals surface area contributed by atoms with Crippen molar-refractivity contribution in [3.05, 3.63) is 58.4 Å². The lowest BCUT2D eigenvalue weighted by molar-refractivity contribution is 0.0583. The van der Waals surface area contributed by atoms with Gasteiger partial charge in [-0.15, -0.1) is 0 Å². The van der Waals surface area contributed by atoms with Crippen LogP contribution in [0.4, 0.5) is 0 Å². The van der Waals surface area contributed by atoms with Gasteiger partial charge in [0.15, 0.2) is 5.76 Å². The number of hydrogen-bond acceptors (Lipinski definition) is 5. The molecule has 0 atom stereocenters. The second kappa shape index (κ2) is 7.46. The van der Waals surface area contributed by atoms with Crippen LogP contribution >= 0.6 is 0 Å². The van der Waals surface area contributed by atoms with Crippen LogP contribution in [0.1, 0.15) is 16.3 Å². The molecular weight excluding hydrogens is 310 g/mol. The predicted molar refractivity (Wildman–Crippen MR) is 87.9 cm³/mol. The molecule has 0 aromatic carbocycles. The van der Waals surface area contributed by atoms with E-state index in [0.717, 1.165) is 13.1 Å². The number of pyridine rings is 1. The quantitative estimate of drug-likeness (QED) is 0.849. The fourth-order valence-electron chi connectivity index (χ4n) is 2.81. The number of aromatic nitrogens is 1. The molecule has 0 bridgehead atoms. The van der Waals surface area contributed by atoms with E-state index < -0.39 is 0 Å². The van der Waals surface area contributed by atoms with E-state index in [4.69, 9.17) is 9.52 Å². The lowest BCUT2D eigenvalue weighted by Gasteiger charge is -2.33. The lowest BCUT2D eigenvalue weighted by atomic mass is 10.3. The minimum Gasteiger partial charge on any atom is -0.454 e. The van der Waals surface area contributed by atoms with Gasteiger partial charge < -0.3 is 19.0 Å². The van der Waals surface area contributed by atoms with Crippen LogP contribution in [0.25, 0.3) is 0 Å². The second-order valence-electron chi connectivity index (χ2n) is 5.79. The van der Waals surface area contributed by atoms with Crippen LogP contribution in [0, 0.1) is 0 Å². The van der Waals surface area contributed by atoms with E-state index >= 15 is 0 Å². The molecule has 1 fully saturated rings. The zero-order chi connectivity index (χ0) is 16.9. The zero-order valence-corrected chi connectivity index (χ0v) is 13.4. The summed E-state index contributed by atoms with van der Waals surface area (Å²) < 4.78 is 7.16. The van der Waals surface area contributed by atoms with Gasteiger partial charge in [0, 0.05) is 45.0 Å². The minimum atomic E-state index is -0.134. The van der Waals surface area contributed by atoms with Crippen molar-refractivity contribution in [1.29, 1.82) is 0 Å². The second-order valence-corrected chi connectivity index (χ2v) is 5.79. The Morgan fingerprint density at radius 3 is 2.62 bits per heavy atom. The maximum atomic E-state index is 12.5. The van der Waals surface area contributed by atoms with Crippen LogP contribution in [-0.2, 0) is 6.54 Å². The Labute approximate surface area is 139 Å². The SMILES string of the molecule is O=C(c1ccc(Cn2ccccc2=O)o1)N1CCN(CCO)CC1. The molecule has 1 aliphatic heterocycles. The number of rotatable bonds is 5. The third-order valence-electron chi connectivity index (χ3n) is 4.17. The van der Waals surface area contributed by atoms with E-state index in [1.165, 1.54) is 10.6 Å². The molecule has 1 N–H and O–H groups in total. The topological polar surface area (TPSA) is 78.9 Å². The number of furan rings is 1. The molecule has 0 radical (unpaired) electrons. The molecule has 0 spiro atoms. The third-order valence-corrected chi connectivity index (χ3v) is 4.17. The number of nitrogens with zero attached hydrogens (tertiary/aromatic N) is 3. The van der Waals surface area contributed by atoms with Crippen molar-refractivity contribution in [2.75, 3.05) is 39.3 Å². The number of aliphatic hydroxyl groups is 1. The molecule has 3 rings (SSSR count). The highest BCUT2D eigenvalue weighted by Crippen LogP contribution is 2.13. The van der Waals surface area contributed by atoms with Gasteiger partial charge in [-0.25, -0.2) is 0 Å². The van der Waals surface area contributed by atoms with Crippen LogP contribution in [0.3, 0.4) is 0 Å². The normalized spacial score (nSPS) is 15.6. The van der Waals surface area contributed by atoms with Crippen LogP contribution in [0.15, 0.2) is 45.7 Å². The highest BCUT2D eigenvalue weighted by atomic mass is 16.4. The zero-order valence-electron chi connectivity index (χ0n) is 13.4. The number of hydrogen-bond donors (Lipinski definition) is 1. The Hall–Kier alpha value is -2.38. The first-order chi connectivity index (χ1) is 11.7. The number of aliphatic hydroxyl groups excluding tert-OH is 1. The van der Waals surface area contributed by atoms with Crippen LogP contribution in [0.5, 0.6) is 0 Å². The molecule has 1 amide bonds. The van der Waals surface area contributed by atoms with E-state index in [1.54, 1.807) is 35.4 Å². The molecule has 1 aliphatic rings. The molecule has 0 unspecified atom stereocenters. The molecule has 3 heterocycles. The molecule has 0 aliphatic carbocycles. The Morgan fingerprint density at radius 2 is 1.92 bits per heavy atom. The lowest BCUT2D eigenvalue weighted by Crippen LogP contribution is -2.49. The number of piperazine rings is 1. The average molecular weight is 331 g/mol. The fraction of sp³-hybridized carbons (Fsp3) is 0.412. The Morgan fingerprint density at radius 1 is 1.12 bits per heavy atom. The van der Waals surface area contributed by atoms with Crippen LogP contribution in [-0.4, -0.2) is 64.7 Å². The van der Waals surface area contributed by atoms with Gasteiger partial charge in [-0.2, -0.15) is 0 Å². The van der Waals surface area contributed by atoms with Gasteiger partial charge in [-0.05, 0) is 18.2 Å². The van der Waals surface area contributed by atoms with Crippen molar-refractivity contribution < 1.29 is 14.3 Å². The first-order valence-electron chi connectivity index (χ1n) is 8.04. The van der Waals surface area contributed by atoms with Crippen molar-refractivity contribution in [1.82, 2.24) is 14.4 Å². The van der Waals surface area contributed by atoms with E-state index in [2.05, 4.69) is 4.90 Å². The van der Waals surface area contributed by atoms with Crippen molar-refractivity contribution in [2.45, 2.75) is 6.54 Å². The molecule has 1 saturated heterocycles. The highest BCUT2D eigenvalue weighted by Gasteiger charge is 2.24. The molecule has 128 valence electrons. The van der Waals surface area contributed by atoms with E-state index in [9.17, 15) is 9.59 Å². The molecule has 24 heavy (non-hydrogen) atoms. The van der Waals surface area contributed by atoms with E-state index in [-0.39, 0.29) is 18.1 Å². The maximum Gasteiger partial charge on any atom is 0.289 e. The van der Waals surface area contributed by atoms with Gasteiger partial charge in [0.1, 0.15) is 5.76 Å². The molecule has 2 aromatic heterocycles. The minimum absolute atomic E-state index is 0.109. The fourth-order valence-corrected chi connectivity index (χ4v) is 2.81. The summed E-state index contributed by atoms with van der Waals surface area (Å²) in [6.45, 7) is 3.81. The predicted octanol–water partition coefficient (Wildman–Crippen LogP) is 0.240. The molecule has 0 saturated carbocycles. The van der Waals surface area contributed by atoms with Crippen molar-refractivity contribution >= 4 is 5.91 Å². The summed E-state index contributed by atoms with van der Waals surface area (Å²) in [5, 5.41) is 8.95. The van der Waals surface area contributed by atoms with Gasteiger partial charge in [0.2, 0.25) is 0 Å². The number of β-amino-alcohol motifs (C(OH)–C–C–N with tert-alkyl or cyclic N) is 1. The van der Waals surface area contributed by atoms with Crippen molar-refractivity contribution in [3.8, 4) is 0 Å². The summed E-state index contributed by atoms with van der Waals surface area (Å²) in [6.07, 6.45) is 1.69. The number of carbonyl (C=O) groups excluding carboxylic acids is 1. The Kier molecular flexibility index (Phi) is 5.12. The largest absolute Gasteiger partial charge is 0.454 e. The molecular formula is C17H21N3O4. The number of carbonyl (C=O) groups is 1. The molecule has 7 heteroatoms. The monoisotopic (exact) mass is 331 g/mol. The number of amides is 1. The molecule has 2 aromatic rings. The van der Waals surface area contributed by atoms with E-state index in [0.29, 0.717) is 37.7 Å². The third kappa shape index (κ3) is 3.74. The van der Waals surface area contributed by atoms with Crippen LogP contribution < -0.4 is 5.56 Å². The molecule has 7 nitrogen and oxygen atoms in total. The van der Waals surface area contributed by atoms with Gasteiger partial charge >= 0.3 is 0 Å². The smallest absolute Gasteiger partial charge is 0.289 e. The standard InChI is InChI=1S/C17H21N3O4/c21-12-11-18-7-9-19(10-8-18)17(23)15-5-4-14(24-15)13-20-6-2-1-3-16(20)22/h1-6,21H,7-13H2. The van der Waals surface area contributed by atoms with Crippen LogP contribution in [0.2, 0.25) is 0 Å². The van der Waals surface area contributed by atoms with Gasteiger partial charge in [-0.3, -0.25) is 14.5 Å². The Bertz CT molecular complexity index is 744. The van der Waals surface area contributed by atoms with Crippen molar-refractivity contribution in [3.63, 3.8) is 0 Å². The van der Waals surface area contributed by atoms with Crippen molar-refractivity contribution in [2.24, 2.45) is 0 Å². The van der Waals surface area contributed by atoms with E-state index in [1.807, 2.05) is 0 Å². The highest BCUT2D eigenvalue weighted by molar-refractivity contribution is 5.91. The Balaban J connectivity index is 1.62. The first kappa shape index (κ1) is 16.5. The van der Waals surface area contributed by atoms with Gasteiger partial charge in [-0.1, -0.05) is 6.07 Å². The summed E-state index contributed by atoms with van der Waals surface area (Å²) in [4.78, 5) is 28.1. The maximum absolute atomic E-state index is 12.5. The van der Waals surface area contributed by atoms with Gasteiger partial charge in [0.25, 0.3) is 11.5 Å². The summed E-state index contributed by atoms with van der Waals surface area (Å²) >= 11 is 0. The average Bonchev–Trinajstić information content (AvgIpc) is 3.06.